The van der Waals surface area contributed by atoms with Crippen LogP contribution in [0.3, 0.4) is 0 Å². The summed E-state index contributed by atoms with van der Waals surface area (Å²) < 4.78 is 21.8. The first-order chi connectivity index (χ1) is 5.35. The molecule has 0 N–H and O–H groups in total. The molecule has 1 rings (SSSR count). The van der Waals surface area contributed by atoms with Crippen molar-refractivity contribution in [3.05, 3.63) is 22.7 Å². The Hall–Kier alpha value is 0.680. The van der Waals surface area contributed by atoms with Gasteiger partial charge in [-0.2, -0.15) is 0 Å². The lowest BCUT2D eigenvalue weighted by Gasteiger charge is -2.20. The van der Waals surface area contributed by atoms with Gasteiger partial charge in [0.05, 0.1) is 0 Å². The SMILES string of the molecule is O=S(=O)(Cl)C1(Br)C=CC(Br)=CC1. The Morgan fingerprint density at radius 3 is 2.50 bits per heavy atom. The molecule has 0 heterocycles. The molecule has 1 aliphatic rings. The Morgan fingerprint density at radius 2 is 2.17 bits per heavy atom. The van der Waals surface area contributed by atoms with Gasteiger partial charge in [-0.1, -0.05) is 44.0 Å². The molecule has 2 nitrogen and oxygen atoms in total. The van der Waals surface area contributed by atoms with Gasteiger partial charge in [0.2, 0.25) is 0 Å². The number of hydrogen-bond donors (Lipinski definition) is 0. The highest BCUT2D eigenvalue weighted by molar-refractivity contribution is 9.12. The van der Waals surface area contributed by atoms with Crippen LogP contribution >= 0.6 is 42.5 Å². The van der Waals surface area contributed by atoms with Gasteiger partial charge in [0.15, 0.2) is 3.66 Å². The number of hydrogen-bond acceptors (Lipinski definition) is 2. The predicted octanol–water partition coefficient (Wildman–Crippen LogP) is 2.88. The Morgan fingerprint density at radius 1 is 1.58 bits per heavy atom. The van der Waals surface area contributed by atoms with Gasteiger partial charge in [-0.05, 0) is 6.08 Å². The fraction of sp³-hybridized carbons (Fsp3) is 0.333. The number of rotatable bonds is 1. The average molecular weight is 336 g/mol. The lowest BCUT2D eigenvalue weighted by Crippen LogP contribution is -2.26. The van der Waals surface area contributed by atoms with Crippen molar-refractivity contribution in [3.8, 4) is 0 Å². The standard InChI is InChI=1S/C6H5Br2ClO2S/c7-5-1-3-6(8,4-2-5)12(9,10)11/h1-3H,4H2. The molecule has 1 unspecified atom stereocenters. The van der Waals surface area contributed by atoms with Gasteiger partial charge in [0.25, 0.3) is 9.05 Å². The van der Waals surface area contributed by atoms with E-state index in [0.717, 1.165) is 4.48 Å². The van der Waals surface area contributed by atoms with Gasteiger partial charge < -0.3 is 0 Å². The monoisotopic (exact) mass is 334 g/mol. The number of allylic oxidation sites excluding steroid dienone is 3. The van der Waals surface area contributed by atoms with Crippen molar-refractivity contribution in [1.82, 2.24) is 0 Å². The molecule has 0 fully saturated rings. The molecule has 0 amide bonds. The second kappa shape index (κ2) is 3.44. The summed E-state index contributed by atoms with van der Waals surface area (Å²) in [6.07, 6.45) is 5.24. The van der Waals surface area contributed by atoms with Crippen molar-refractivity contribution < 1.29 is 8.42 Å². The van der Waals surface area contributed by atoms with E-state index in [-0.39, 0.29) is 0 Å². The van der Waals surface area contributed by atoms with Crippen molar-refractivity contribution >= 4 is 51.6 Å². The van der Waals surface area contributed by atoms with Crippen LogP contribution in [-0.4, -0.2) is 12.1 Å². The topological polar surface area (TPSA) is 34.1 Å². The molecule has 0 aliphatic heterocycles. The van der Waals surface area contributed by atoms with E-state index in [9.17, 15) is 8.42 Å². The van der Waals surface area contributed by atoms with Gasteiger partial charge in [0, 0.05) is 21.6 Å². The highest BCUT2D eigenvalue weighted by atomic mass is 79.9. The van der Waals surface area contributed by atoms with Gasteiger partial charge in [-0.3, -0.25) is 0 Å². The molecule has 0 aromatic rings. The van der Waals surface area contributed by atoms with E-state index in [1.54, 1.807) is 12.2 Å². The van der Waals surface area contributed by atoms with Crippen molar-refractivity contribution in [3.63, 3.8) is 0 Å². The minimum Gasteiger partial charge on any atom is -0.210 e. The van der Waals surface area contributed by atoms with E-state index in [2.05, 4.69) is 31.9 Å². The number of alkyl halides is 1. The summed E-state index contributed by atoms with van der Waals surface area (Å²) in [5, 5.41) is 0. The van der Waals surface area contributed by atoms with Crippen LogP contribution in [0, 0.1) is 0 Å². The Balaban J connectivity index is 3.02. The van der Waals surface area contributed by atoms with Gasteiger partial charge in [-0.15, -0.1) is 0 Å². The highest BCUT2D eigenvalue weighted by Crippen LogP contribution is 2.38. The normalized spacial score (nSPS) is 30.1. The summed E-state index contributed by atoms with van der Waals surface area (Å²) in [7, 11) is 1.62. The first-order valence-electron chi connectivity index (χ1n) is 3.03. The smallest absolute Gasteiger partial charge is 0.210 e. The molecule has 0 saturated heterocycles. The molecule has 0 radical (unpaired) electrons. The van der Waals surface area contributed by atoms with Crippen molar-refractivity contribution in [2.45, 2.75) is 10.1 Å². The fourth-order valence-corrected chi connectivity index (χ4v) is 2.20. The summed E-state index contributed by atoms with van der Waals surface area (Å²) in [4.78, 5) is 0. The van der Waals surface area contributed by atoms with Gasteiger partial charge >= 0.3 is 0 Å². The largest absolute Gasteiger partial charge is 0.252 e. The van der Waals surface area contributed by atoms with Crippen LogP contribution in [-0.2, 0) is 9.05 Å². The van der Waals surface area contributed by atoms with E-state index in [1.165, 1.54) is 6.08 Å². The van der Waals surface area contributed by atoms with Crippen molar-refractivity contribution in [1.29, 1.82) is 0 Å². The van der Waals surface area contributed by atoms with Crippen LogP contribution < -0.4 is 0 Å². The zero-order valence-electron chi connectivity index (χ0n) is 5.80. The first kappa shape index (κ1) is 10.8. The average Bonchev–Trinajstić information content (AvgIpc) is 1.93. The molecule has 0 aromatic heterocycles. The van der Waals surface area contributed by atoms with E-state index in [4.69, 9.17) is 10.7 Å². The maximum absolute atomic E-state index is 11.0. The maximum Gasteiger partial charge on any atom is 0.252 e. The minimum atomic E-state index is -3.61. The van der Waals surface area contributed by atoms with Crippen molar-refractivity contribution in [2.75, 3.05) is 0 Å². The van der Waals surface area contributed by atoms with Crippen LogP contribution in [0.5, 0.6) is 0 Å². The minimum absolute atomic E-state index is 0.329. The molecular weight excluding hydrogens is 331 g/mol. The van der Waals surface area contributed by atoms with Gasteiger partial charge in [0.1, 0.15) is 0 Å². The molecule has 0 saturated carbocycles. The maximum atomic E-state index is 11.0. The molecule has 0 spiro atoms. The molecule has 0 aromatic carbocycles. The molecule has 0 bridgehead atoms. The molecule has 1 aliphatic carbocycles. The molecule has 68 valence electrons. The summed E-state index contributed by atoms with van der Waals surface area (Å²) in [6.45, 7) is 0. The molecule has 12 heavy (non-hydrogen) atoms. The summed E-state index contributed by atoms with van der Waals surface area (Å²) in [5.41, 5.74) is 0. The third kappa shape index (κ3) is 2.13. The summed E-state index contributed by atoms with van der Waals surface area (Å²) >= 11 is 6.29. The van der Waals surface area contributed by atoms with E-state index >= 15 is 0 Å². The molecule has 1 atom stereocenters. The Labute approximate surface area is 92.3 Å². The van der Waals surface area contributed by atoms with E-state index < -0.39 is 12.7 Å². The number of halogens is 3. The van der Waals surface area contributed by atoms with Crippen LogP contribution in [0.25, 0.3) is 0 Å². The van der Waals surface area contributed by atoms with Crippen molar-refractivity contribution in [2.24, 2.45) is 0 Å². The van der Waals surface area contributed by atoms with Gasteiger partial charge in [-0.25, -0.2) is 8.42 Å². The Kier molecular flexibility index (Phi) is 3.08. The van der Waals surface area contributed by atoms with Crippen LogP contribution in [0.2, 0.25) is 0 Å². The zero-order chi connectivity index (χ0) is 9.41. The quantitative estimate of drug-likeness (QED) is 0.545. The lowest BCUT2D eigenvalue weighted by molar-refractivity contribution is 0.599. The molecule has 6 heteroatoms. The second-order valence-electron chi connectivity index (χ2n) is 2.35. The summed E-state index contributed by atoms with van der Waals surface area (Å²) in [6, 6.07) is 0. The van der Waals surface area contributed by atoms with Crippen LogP contribution in [0.1, 0.15) is 6.42 Å². The first-order valence-corrected chi connectivity index (χ1v) is 6.93. The molecular formula is C6H5Br2ClO2S. The summed E-state index contributed by atoms with van der Waals surface area (Å²) in [5.74, 6) is 0. The zero-order valence-corrected chi connectivity index (χ0v) is 10.5. The van der Waals surface area contributed by atoms with E-state index in [1.807, 2.05) is 0 Å². The third-order valence-electron chi connectivity index (χ3n) is 1.47. The van der Waals surface area contributed by atoms with Crippen LogP contribution in [0.4, 0.5) is 0 Å². The third-order valence-corrected chi connectivity index (χ3v) is 6.43. The second-order valence-corrected chi connectivity index (χ2v) is 8.03. The fourth-order valence-electron chi connectivity index (χ4n) is 0.758. The highest BCUT2D eigenvalue weighted by Gasteiger charge is 2.37. The predicted molar refractivity (Wildman–Crippen MR) is 57.2 cm³/mol. The Bertz CT molecular complexity index is 347. The van der Waals surface area contributed by atoms with Crippen LogP contribution in [0.15, 0.2) is 22.7 Å². The van der Waals surface area contributed by atoms with E-state index in [0.29, 0.717) is 6.42 Å². The lowest BCUT2D eigenvalue weighted by atomic mass is 10.2.